The largest absolute Gasteiger partial charge is 0.397 e. The Morgan fingerprint density at radius 2 is 1.20 bits per heavy atom. The van der Waals surface area contributed by atoms with Gasteiger partial charge < -0.3 is 27.4 Å². The van der Waals surface area contributed by atoms with Gasteiger partial charge in [-0.15, -0.1) is 0 Å². The molecule has 0 spiro atoms. The molecular weight excluding hydrogens is 745 g/mol. The molecule has 4 aromatic rings. The van der Waals surface area contributed by atoms with Gasteiger partial charge in [0.2, 0.25) is 5.71 Å². The van der Waals surface area contributed by atoms with Crippen LogP contribution in [0.1, 0.15) is 19.3 Å². The minimum Gasteiger partial charge on any atom is -0.397 e. The number of fused-ring (bicyclic) bond motifs is 6. The maximum atomic E-state index is 9.07. The molecule has 1 atom stereocenters. The van der Waals surface area contributed by atoms with E-state index in [-0.39, 0.29) is 17.5 Å². The van der Waals surface area contributed by atoms with Crippen molar-refractivity contribution in [2.24, 2.45) is 31.4 Å². The van der Waals surface area contributed by atoms with Crippen molar-refractivity contribution >= 4 is 57.0 Å². The van der Waals surface area contributed by atoms with E-state index in [0.29, 0.717) is 64.9 Å². The van der Waals surface area contributed by atoms with Crippen molar-refractivity contribution < 1.29 is 0 Å². The molecule has 4 aliphatic carbocycles. The van der Waals surface area contributed by atoms with Crippen LogP contribution in [0.2, 0.25) is 0 Å². The Kier molecular flexibility index (Phi) is 10.2. The molecule has 0 amide bonds. The molecular formula is C48H42N12+2. The summed E-state index contributed by atoms with van der Waals surface area (Å²) in [6.45, 7) is 0. The van der Waals surface area contributed by atoms with Gasteiger partial charge in [-0.1, -0.05) is 72.8 Å². The number of benzene rings is 4. The third kappa shape index (κ3) is 8.29. The molecule has 5 aliphatic rings. The number of hydrogen-bond acceptors (Lipinski definition) is 12. The zero-order chi connectivity index (χ0) is 41.0. The predicted octanol–water partition coefficient (Wildman–Crippen LogP) is 8.46. The van der Waals surface area contributed by atoms with E-state index < -0.39 is 0 Å². The van der Waals surface area contributed by atoms with Crippen LogP contribution < -0.4 is 32.7 Å². The van der Waals surface area contributed by atoms with E-state index in [1.165, 1.54) is 0 Å². The fourth-order valence-electron chi connectivity index (χ4n) is 7.35. The summed E-state index contributed by atoms with van der Waals surface area (Å²) in [5.74, 6) is 0. The minimum absolute atomic E-state index is 0.151. The van der Waals surface area contributed by atoms with E-state index in [2.05, 4.69) is 21.3 Å². The van der Waals surface area contributed by atoms with Crippen LogP contribution in [-0.2, 0) is 0 Å². The Labute approximate surface area is 348 Å². The molecule has 1 heterocycles. The molecule has 60 heavy (non-hydrogen) atoms. The molecule has 292 valence electrons. The summed E-state index contributed by atoms with van der Waals surface area (Å²) in [4.78, 5) is 20.8. The van der Waals surface area contributed by atoms with Crippen molar-refractivity contribution in [1.82, 2.24) is 0 Å². The molecule has 1 aliphatic heterocycles. The van der Waals surface area contributed by atoms with Crippen molar-refractivity contribution in [1.29, 1.82) is 10.8 Å². The Balaban J connectivity index is 1.25. The van der Waals surface area contributed by atoms with Crippen LogP contribution in [0.4, 0.5) is 22.7 Å². The van der Waals surface area contributed by atoms with Gasteiger partial charge >= 0.3 is 0 Å². The van der Waals surface area contributed by atoms with Gasteiger partial charge in [0.15, 0.2) is 28.9 Å². The number of hydrogen-bond donors (Lipinski definition) is 8. The number of rotatable bonds is 8. The lowest BCUT2D eigenvalue weighted by Gasteiger charge is -2.30. The van der Waals surface area contributed by atoms with Crippen molar-refractivity contribution in [3.8, 4) is 0 Å². The molecule has 1 unspecified atom stereocenters. The fourth-order valence-corrected chi connectivity index (χ4v) is 7.35. The molecule has 12 nitrogen and oxygen atoms in total. The number of allylic oxidation sites excluding steroid dienone is 6. The van der Waals surface area contributed by atoms with E-state index in [9.17, 15) is 0 Å². The second kappa shape index (κ2) is 16.4. The molecule has 12 heteroatoms. The summed E-state index contributed by atoms with van der Waals surface area (Å²) in [6.07, 6.45) is 9.83. The summed E-state index contributed by atoms with van der Waals surface area (Å²) in [5.41, 5.74) is 24.0. The first-order chi connectivity index (χ1) is 29.3. The SMILES string of the molecule is N=C1C=C(N)C2=NC3=C(Nc4ccccc4)C[C+](Nc4ccccc4)C(=C3)N=C3[CH+]C(=NC4=C(Nc5ccccc5)CC(Nc5ccccc5)C(=NC1=C2)C4)C(N)=CC3=N. The Hall–Kier alpha value is -8.12. The first-order valence-electron chi connectivity index (χ1n) is 19.6. The fraction of sp³-hybridized carbons (Fsp3) is 0.0833. The number of nitrogens with two attached hydrogens (primary N) is 2. The molecule has 0 saturated carbocycles. The number of nitrogens with zero attached hydrogens (tertiary/aromatic N) is 4. The smallest absolute Gasteiger partial charge is 0.250 e. The lowest BCUT2D eigenvalue weighted by atomic mass is 9.91. The van der Waals surface area contributed by atoms with E-state index >= 15 is 0 Å². The second-order valence-electron chi connectivity index (χ2n) is 14.7. The maximum Gasteiger partial charge on any atom is 0.250 e. The second-order valence-corrected chi connectivity index (χ2v) is 14.7. The molecule has 10 N–H and O–H groups in total. The van der Waals surface area contributed by atoms with Crippen LogP contribution in [-0.4, -0.2) is 40.3 Å². The topological polar surface area (TPSA) is 197 Å². The van der Waals surface area contributed by atoms with Gasteiger partial charge in [0.1, 0.15) is 18.6 Å². The first-order valence-corrected chi connectivity index (χ1v) is 19.6. The summed E-state index contributed by atoms with van der Waals surface area (Å²) >= 11 is 0. The summed E-state index contributed by atoms with van der Waals surface area (Å²) in [5, 5.41) is 32.6. The average molecular weight is 787 g/mol. The number of nitrogens with one attached hydrogen (secondary N) is 6. The van der Waals surface area contributed by atoms with Crippen LogP contribution in [0.15, 0.2) is 211 Å². The highest BCUT2D eigenvalue weighted by atomic mass is 15.0. The maximum absolute atomic E-state index is 9.07. The third-order valence-corrected chi connectivity index (χ3v) is 10.4. The van der Waals surface area contributed by atoms with E-state index in [4.69, 9.17) is 42.3 Å². The quantitative estimate of drug-likeness (QED) is 0.0651. The summed E-state index contributed by atoms with van der Waals surface area (Å²) in [6, 6.07) is 40.3. The molecule has 0 saturated heterocycles. The first kappa shape index (κ1) is 37.5. The molecule has 0 fully saturated rings. The van der Waals surface area contributed by atoms with Crippen molar-refractivity contribution in [2.75, 3.05) is 21.3 Å². The highest BCUT2D eigenvalue weighted by Crippen LogP contribution is 2.36. The molecule has 0 radical (unpaired) electrons. The van der Waals surface area contributed by atoms with Gasteiger partial charge in [-0.05, 0) is 60.7 Å². The van der Waals surface area contributed by atoms with Gasteiger partial charge in [-0.25, -0.2) is 15.4 Å². The summed E-state index contributed by atoms with van der Waals surface area (Å²) < 4.78 is 0. The van der Waals surface area contributed by atoms with Gasteiger partial charge in [-0.2, -0.15) is 4.99 Å². The predicted molar refractivity (Wildman–Crippen MR) is 245 cm³/mol. The monoisotopic (exact) mass is 786 g/mol. The highest BCUT2D eigenvalue weighted by Gasteiger charge is 2.38. The number of aliphatic imine (C=N–C) groups is 4. The van der Waals surface area contributed by atoms with E-state index in [0.717, 1.165) is 51.6 Å². The van der Waals surface area contributed by atoms with Gasteiger partial charge in [0.05, 0.1) is 52.4 Å². The summed E-state index contributed by atoms with van der Waals surface area (Å²) in [7, 11) is 0. The van der Waals surface area contributed by atoms with Gasteiger partial charge in [0, 0.05) is 41.3 Å². The van der Waals surface area contributed by atoms with Gasteiger partial charge in [-0.3, -0.25) is 15.7 Å². The van der Waals surface area contributed by atoms with Crippen LogP contribution in [0.25, 0.3) is 0 Å². The van der Waals surface area contributed by atoms with Crippen LogP contribution in [0.3, 0.4) is 0 Å². The number of para-hydroxylation sites is 4. The number of anilines is 4. The lowest BCUT2D eigenvalue weighted by Crippen LogP contribution is -2.36. The average Bonchev–Trinajstić information content (AvgIpc) is 3.25. The third-order valence-electron chi connectivity index (χ3n) is 10.4. The van der Waals surface area contributed by atoms with E-state index in [1.807, 2.05) is 127 Å². The zero-order valence-electron chi connectivity index (χ0n) is 32.6. The van der Waals surface area contributed by atoms with Crippen LogP contribution in [0, 0.1) is 23.3 Å². The van der Waals surface area contributed by atoms with Crippen LogP contribution >= 0.6 is 0 Å². The lowest BCUT2D eigenvalue weighted by molar-refractivity contribution is 0.821. The Morgan fingerprint density at radius 1 is 0.600 bits per heavy atom. The van der Waals surface area contributed by atoms with Crippen molar-refractivity contribution in [3.05, 3.63) is 204 Å². The molecule has 9 rings (SSSR count). The van der Waals surface area contributed by atoms with Crippen molar-refractivity contribution in [3.63, 3.8) is 0 Å². The van der Waals surface area contributed by atoms with Crippen LogP contribution in [0.5, 0.6) is 0 Å². The Morgan fingerprint density at radius 3 is 1.87 bits per heavy atom. The zero-order valence-corrected chi connectivity index (χ0v) is 32.6. The standard InChI is InChI=1S/C48H42N12/c49-33-21-34(50)38-23-37(33)57-45-27-46(42(54-30-15-7-2-8-16-30)25-41(45)53-29-13-5-1-6-14-29)58-39-24-40(36(52)22-35(39)51)60-48-28-47(59-38)43(55-31-17-9-3-10-18-31)26-44(48)56-32-19-11-4-12-20-32/h1-24,27,43,50-51,53-56H,25-26,28,49,52H2/q+2. The Bertz CT molecular complexity index is 2680. The van der Waals surface area contributed by atoms with E-state index in [1.54, 1.807) is 24.6 Å². The molecule has 8 bridgehead atoms. The van der Waals surface area contributed by atoms with Gasteiger partial charge in [0.25, 0.3) is 5.70 Å². The minimum atomic E-state index is -0.272. The molecule has 0 aromatic heterocycles. The normalized spacial score (nSPS) is 18.9. The van der Waals surface area contributed by atoms with Crippen molar-refractivity contribution in [2.45, 2.75) is 25.3 Å². The highest BCUT2D eigenvalue weighted by molar-refractivity contribution is 6.56. The molecule has 4 aromatic carbocycles.